The van der Waals surface area contributed by atoms with Gasteiger partial charge in [-0.05, 0) is 66.0 Å². The molecule has 0 aliphatic heterocycles. The average molecular weight is 537 g/mol. The van der Waals surface area contributed by atoms with Gasteiger partial charge in [0.05, 0.1) is 27.8 Å². The first-order chi connectivity index (χ1) is 20.8. The number of pyridine rings is 2. The van der Waals surface area contributed by atoms with E-state index < -0.39 is 0 Å². The first kappa shape index (κ1) is 23.0. The third kappa shape index (κ3) is 3.29. The van der Waals surface area contributed by atoms with Crippen LogP contribution in [0.15, 0.2) is 146 Å². The predicted octanol–water partition coefficient (Wildman–Crippen LogP) is 9.49. The van der Waals surface area contributed by atoms with Crippen molar-refractivity contribution >= 4 is 54.4 Å². The molecule has 0 unspecified atom stereocenters. The molecule has 4 heterocycles. The van der Waals surface area contributed by atoms with Crippen LogP contribution in [0, 0.1) is 0 Å². The molecule has 0 aliphatic rings. The highest BCUT2D eigenvalue weighted by Crippen LogP contribution is 2.40. The second-order valence-electron chi connectivity index (χ2n) is 10.7. The van der Waals surface area contributed by atoms with E-state index >= 15 is 0 Å². The molecule has 42 heavy (non-hydrogen) atoms. The zero-order valence-electron chi connectivity index (χ0n) is 22.6. The topological polar surface area (TPSA) is 35.6 Å². The van der Waals surface area contributed by atoms with Crippen LogP contribution in [0.1, 0.15) is 0 Å². The lowest BCUT2D eigenvalue weighted by molar-refractivity contribution is 1.08. The lowest BCUT2D eigenvalue weighted by Gasteiger charge is -2.11. The molecular formula is C38H24N4. The van der Waals surface area contributed by atoms with Crippen LogP contribution in [0.4, 0.5) is 0 Å². The molecule has 9 rings (SSSR count). The van der Waals surface area contributed by atoms with E-state index in [2.05, 4.69) is 135 Å². The molecule has 0 atom stereocenters. The molecule has 0 radical (unpaired) electrons. The molecule has 5 aromatic carbocycles. The lowest BCUT2D eigenvalue weighted by atomic mass is 10.0. The highest BCUT2D eigenvalue weighted by atomic mass is 15.1. The summed E-state index contributed by atoms with van der Waals surface area (Å²) in [6, 6.07) is 47.5. The zero-order valence-corrected chi connectivity index (χ0v) is 22.6. The van der Waals surface area contributed by atoms with Crippen molar-refractivity contribution in [2.45, 2.75) is 0 Å². The molecular weight excluding hydrogens is 512 g/mol. The van der Waals surface area contributed by atoms with Gasteiger partial charge in [0.2, 0.25) is 0 Å². The van der Waals surface area contributed by atoms with Crippen LogP contribution >= 0.6 is 0 Å². The molecule has 0 saturated heterocycles. The molecule has 196 valence electrons. The van der Waals surface area contributed by atoms with Gasteiger partial charge in [-0.15, -0.1) is 0 Å². The second-order valence-corrected chi connectivity index (χ2v) is 10.7. The molecule has 0 amide bonds. The van der Waals surface area contributed by atoms with Gasteiger partial charge in [-0.1, -0.05) is 72.8 Å². The Morgan fingerprint density at radius 1 is 0.452 bits per heavy atom. The van der Waals surface area contributed by atoms with Crippen molar-refractivity contribution in [3.05, 3.63) is 146 Å². The SMILES string of the molecule is c1ccc(-n2c3ccccc3c3ccc4cc5c(cc4c32)c2ccccc2n5-c2cccc(-c3ccncc3)n2)cc1. The summed E-state index contributed by atoms with van der Waals surface area (Å²) in [6.45, 7) is 0. The van der Waals surface area contributed by atoms with E-state index in [9.17, 15) is 0 Å². The number of nitrogens with zero attached hydrogens (tertiary/aromatic N) is 4. The van der Waals surface area contributed by atoms with Crippen LogP contribution in [-0.2, 0) is 0 Å². The molecule has 9 aromatic rings. The van der Waals surface area contributed by atoms with E-state index in [0.717, 1.165) is 33.8 Å². The predicted molar refractivity (Wildman–Crippen MR) is 174 cm³/mol. The summed E-state index contributed by atoms with van der Waals surface area (Å²) in [4.78, 5) is 9.31. The van der Waals surface area contributed by atoms with E-state index in [1.807, 2.05) is 24.5 Å². The fraction of sp³-hybridized carbons (Fsp3) is 0. The molecule has 0 N–H and O–H groups in total. The smallest absolute Gasteiger partial charge is 0.138 e. The Kier molecular flexibility index (Phi) is 4.87. The van der Waals surface area contributed by atoms with E-state index in [1.54, 1.807) is 0 Å². The largest absolute Gasteiger partial charge is 0.309 e. The maximum Gasteiger partial charge on any atom is 0.138 e. The Morgan fingerprint density at radius 3 is 1.98 bits per heavy atom. The quantitative estimate of drug-likeness (QED) is 0.225. The van der Waals surface area contributed by atoms with Crippen molar-refractivity contribution in [2.75, 3.05) is 0 Å². The van der Waals surface area contributed by atoms with Crippen LogP contribution in [0.3, 0.4) is 0 Å². The Bertz CT molecular complexity index is 2450. The lowest BCUT2D eigenvalue weighted by Crippen LogP contribution is -1.98. The number of aromatic nitrogens is 4. The van der Waals surface area contributed by atoms with E-state index in [4.69, 9.17) is 4.98 Å². The van der Waals surface area contributed by atoms with Gasteiger partial charge in [-0.3, -0.25) is 9.55 Å². The first-order valence-corrected chi connectivity index (χ1v) is 14.2. The van der Waals surface area contributed by atoms with Crippen molar-refractivity contribution in [1.29, 1.82) is 0 Å². The Hall–Kier alpha value is -5.74. The minimum Gasteiger partial charge on any atom is -0.309 e. The number of hydrogen-bond donors (Lipinski definition) is 0. The number of para-hydroxylation sites is 3. The summed E-state index contributed by atoms with van der Waals surface area (Å²) < 4.78 is 4.71. The van der Waals surface area contributed by atoms with Crippen LogP contribution in [0.25, 0.3) is 77.1 Å². The third-order valence-corrected chi connectivity index (χ3v) is 8.40. The minimum absolute atomic E-state index is 0.898. The normalized spacial score (nSPS) is 11.8. The number of fused-ring (bicyclic) bond motifs is 8. The van der Waals surface area contributed by atoms with Crippen molar-refractivity contribution in [1.82, 2.24) is 19.1 Å². The van der Waals surface area contributed by atoms with Gasteiger partial charge in [0.15, 0.2) is 0 Å². The molecule has 4 nitrogen and oxygen atoms in total. The third-order valence-electron chi connectivity index (χ3n) is 8.40. The molecule has 4 heteroatoms. The van der Waals surface area contributed by atoms with Crippen molar-refractivity contribution < 1.29 is 0 Å². The van der Waals surface area contributed by atoms with Gasteiger partial charge in [-0.2, -0.15) is 0 Å². The van der Waals surface area contributed by atoms with Gasteiger partial charge in [0.1, 0.15) is 5.82 Å². The molecule has 0 aliphatic carbocycles. The monoisotopic (exact) mass is 536 g/mol. The highest BCUT2D eigenvalue weighted by molar-refractivity contribution is 6.22. The van der Waals surface area contributed by atoms with Crippen LogP contribution < -0.4 is 0 Å². The van der Waals surface area contributed by atoms with E-state index in [0.29, 0.717) is 0 Å². The van der Waals surface area contributed by atoms with Crippen LogP contribution in [-0.4, -0.2) is 19.1 Å². The van der Waals surface area contributed by atoms with Gasteiger partial charge >= 0.3 is 0 Å². The number of rotatable bonds is 3. The summed E-state index contributed by atoms with van der Waals surface area (Å²) in [5, 5.41) is 7.39. The van der Waals surface area contributed by atoms with Crippen molar-refractivity contribution in [3.63, 3.8) is 0 Å². The Balaban J connectivity index is 1.40. The van der Waals surface area contributed by atoms with Gasteiger partial charge in [0.25, 0.3) is 0 Å². The van der Waals surface area contributed by atoms with Gasteiger partial charge in [-0.25, -0.2) is 4.98 Å². The summed E-state index contributed by atoms with van der Waals surface area (Å²) in [5.74, 6) is 0.898. The zero-order chi connectivity index (χ0) is 27.6. The van der Waals surface area contributed by atoms with Crippen LogP contribution in [0.2, 0.25) is 0 Å². The fourth-order valence-corrected chi connectivity index (χ4v) is 6.57. The standard InChI is InChI=1S/C38H24N4/c1-2-9-27(10-3-1)41-34-14-6-4-11-28(34)30-18-17-26-23-36-32(24-31(26)38(30)41)29-12-5-7-15-35(29)42(36)37-16-8-13-33(40-37)25-19-21-39-22-20-25/h1-24H. The molecule has 0 spiro atoms. The number of hydrogen-bond acceptors (Lipinski definition) is 2. The maximum atomic E-state index is 5.13. The summed E-state index contributed by atoms with van der Waals surface area (Å²) in [7, 11) is 0. The summed E-state index contributed by atoms with van der Waals surface area (Å²) >= 11 is 0. The maximum absolute atomic E-state index is 5.13. The van der Waals surface area contributed by atoms with Gasteiger partial charge in [0, 0.05) is 50.6 Å². The Morgan fingerprint density at radius 2 is 1.17 bits per heavy atom. The van der Waals surface area contributed by atoms with Gasteiger partial charge < -0.3 is 4.57 Å². The molecule has 0 fully saturated rings. The fourth-order valence-electron chi connectivity index (χ4n) is 6.57. The van der Waals surface area contributed by atoms with Crippen molar-refractivity contribution in [2.24, 2.45) is 0 Å². The number of benzene rings is 5. The first-order valence-electron chi connectivity index (χ1n) is 14.2. The second kappa shape index (κ2) is 8.88. The van der Waals surface area contributed by atoms with E-state index in [-0.39, 0.29) is 0 Å². The Labute approximate surface area is 241 Å². The highest BCUT2D eigenvalue weighted by Gasteiger charge is 2.18. The molecule has 4 aromatic heterocycles. The summed E-state index contributed by atoms with van der Waals surface area (Å²) in [6.07, 6.45) is 3.62. The summed E-state index contributed by atoms with van der Waals surface area (Å²) in [5.41, 5.74) is 7.87. The van der Waals surface area contributed by atoms with E-state index in [1.165, 1.54) is 43.4 Å². The molecule has 0 bridgehead atoms. The molecule has 0 saturated carbocycles. The van der Waals surface area contributed by atoms with Crippen LogP contribution in [0.5, 0.6) is 0 Å². The average Bonchev–Trinajstić information content (AvgIpc) is 3.57. The van der Waals surface area contributed by atoms with Crippen molar-refractivity contribution in [3.8, 4) is 22.8 Å². The minimum atomic E-state index is 0.898.